The molecule has 0 radical (unpaired) electrons. The van der Waals surface area contributed by atoms with Crippen LogP contribution in [0.25, 0.3) is 11.1 Å². The SMILES string of the molecule is c1ccc(CC2C3CCC2NC(C2c4ccccc4Oc4cc(-c5ccncc5)ccc42)C3)nc1. The molecule has 4 aromatic rings. The topological polar surface area (TPSA) is 47.0 Å². The maximum atomic E-state index is 6.48. The summed E-state index contributed by atoms with van der Waals surface area (Å²) in [6, 6.07) is 26.7. The lowest BCUT2D eigenvalue weighted by atomic mass is 9.73. The van der Waals surface area contributed by atoms with Crippen LogP contribution in [0.1, 0.15) is 42.0 Å². The van der Waals surface area contributed by atoms with Gasteiger partial charge in [0.2, 0.25) is 0 Å². The van der Waals surface area contributed by atoms with Crippen molar-refractivity contribution in [2.24, 2.45) is 11.8 Å². The number of piperidine rings is 1. The van der Waals surface area contributed by atoms with Gasteiger partial charge in [-0.1, -0.05) is 36.4 Å². The number of nitrogens with one attached hydrogen (secondary N) is 1. The predicted molar refractivity (Wildman–Crippen MR) is 138 cm³/mol. The Morgan fingerprint density at radius 3 is 2.49 bits per heavy atom. The van der Waals surface area contributed by atoms with Crippen molar-refractivity contribution in [2.45, 2.75) is 43.7 Å². The smallest absolute Gasteiger partial charge is 0.131 e. The van der Waals surface area contributed by atoms with Crippen molar-refractivity contribution < 1.29 is 4.74 Å². The Balaban J connectivity index is 1.22. The molecule has 174 valence electrons. The van der Waals surface area contributed by atoms with Gasteiger partial charge < -0.3 is 10.1 Å². The van der Waals surface area contributed by atoms with Crippen LogP contribution in [0.5, 0.6) is 11.5 Å². The van der Waals surface area contributed by atoms with Crippen molar-refractivity contribution in [1.82, 2.24) is 15.3 Å². The van der Waals surface area contributed by atoms with Crippen LogP contribution in [-0.2, 0) is 6.42 Å². The predicted octanol–water partition coefficient (Wildman–Crippen LogP) is 6.38. The normalized spacial score (nSPS) is 26.5. The number of aromatic nitrogens is 2. The summed E-state index contributed by atoms with van der Waals surface area (Å²) in [7, 11) is 0. The molecule has 4 heterocycles. The molecule has 4 heteroatoms. The second-order valence-electron chi connectivity index (χ2n) is 10.2. The van der Waals surface area contributed by atoms with Crippen molar-refractivity contribution in [3.8, 4) is 22.6 Å². The van der Waals surface area contributed by atoms with Gasteiger partial charge in [-0.05, 0) is 85.0 Å². The van der Waals surface area contributed by atoms with Gasteiger partial charge in [-0.25, -0.2) is 0 Å². The Morgan fingerprint density at radius 2 is 1.63 bits per heavy atom. The molecule has 2 fully saturated rings. The molecule has 5 unspecified atom stereocenters. The van der Waals surface area contributed by atoms with Crippen LogP contribution in [0.15, 0.2) is 91.4 Å². The first kappa shape index (κ1) is 20.8. The summed E-state index contributed by atoms with van der Waals surface area (Å²) in [6.45, 7) is 0. The molecule has 1 saturated carbocycles. The molecule has 0 spiro atoms. The van der Waals surface area contributed by atoms with E-state index in [1.54, 1.807) is 0 Å². The van der Waals surface area contributed by atoms with Crippen molar-refractivity contribution in [3.63, 3.8) is 0 Å². The molecule has 3 aliphatic rings. The Morgan fingerprint density at radius 1 is 0.771 bits per heavy atom. The number of ether oxygens (including phenoxy) is 1. The first-order valence-corrected chi connectivity index (χ1v) is 12.8. The highest BCUT2D eigenvalue weighted by Crippen LogP contribution is 2.51. The molecule has 7 rings (SSSR count). The first-order chi connectivity index (χ1) is 17.3. The van der Waals surface area contributed by atoms with Crippen LogP contribution in [0.2, 0.25) is 0 Å². The van der Waals surface area contributed by atoms with Gasteiger partial charge in [0.1, 0.15) is 11.5 Å². The highest BCUT2D eigenvalue weighted by Gasteiger charge is 2.46. The summed E-state index contributed by atoms with van der Waals surface area (Å²) >= 11 is 0. The van der Waals surface area contributed by atoms with Crippen molar-refractivity contribution in [1.29, 1.82) is 0 Å². The molecule has 4 nitrogen and oxygen atoms in total. The molecule has 1 N–H and O–H groups in total. The molecule has 0 amide bonds. The molecule has 1 aliphatic carbocycles. The van der Waals surface area contributed by atoms with Gasteiger partial charge in [-0.2, -0.15) is 0 Å². The molecule has 35 heavy (non-hydrogen) atoms. The quantitative estimate of drug-likeness (QED) is 0.385. The minimum absolute atomic E-state index is 0.292. The average molecular weight is 460 g/mol. The number of hydrogen-bond donors (Lipinski definition) is 1. The molecule has 2 aromatic carbocycles. The van der Waals surface area contributed by atoms with E-state index in [0.29, 0.717) is 23.9 Å². The highest BCUT2D eigenvalue weighted by atomic mass is 16.5. The summed E-state index contributed by atoms with van der Waals surface area (Å²) < 4.78 is 6.48. The van der Waals surface area contributed by atoms with Crippen molar-refractivity contribution >= 4 is 0 Å². The lowest BCUT2D eigenvalue weighted by Gasteiger charge is -2.42. The first-order valence-electron chi connectivity index (χ1n) is 12.8. The maximum Gasteiger partial charge on any atom is 0.131 e. The second-order valence-corrected chi connectivity index (χ2v) is 10.2. The largest absolute Gasteiger partial charge is 0.457 e. The van der Waals surface area contributed by atoms with E-state index >= 15 is 0 Å². The van der Waals surface area contributed by atoms with Gasteiger partial charge in [0.25, 0.3) is 0 Å². The number of rotatable bonds is 4. The summed E-state index contributed by atoms with van der Waals surface area (Å²) in [5.41, 5.74) is 6.14. The molecule has 1 saturated heterocycles. The molecule has 2 aromatic heterocycles. The fraction of sp³-hybridized carbons (Fsp3) is 0.290. The van der Waals surface area contributed by atoms with Crippen LogP contribution in [0.3, 0.4) is 0 Å². The molecule has 2 aliphatic heterocycles. The van der Waals surface area contributed by atoms with E-state index in [0.717, 1.165) is 35.0 Å². The number of pyridine rings is 2. The zero-order valence-corrected chi connectivity index (χ0v) is 19.7. The van der Waals surface area contributed by atoms with Gasteiger partial charge in [-0.15, -0.1) is 0 Å². The summed E-state index contributed by atoms with van der Waals surface area (Å²) in [4.78, 5) is 8.79. The fourth-order valence-electron chi connectivity index (χ4n) is 6.77. The van der Waals surface area contributed by atoms with E-state index in [9.17, 15) is 0 Å². The minimum atomic E-state index is 0.292. The zero-order valence-electron chi connectivity index (χ0n) is 19.7. The zero-order chi connectivity index (χ0) is 23.2. The molecular weight excluding hydrogens is 430 g/mol. The van der Waals surface area contributed by atoms with Gasteiger partial charge in [-0.3, -0.25) is 9.97 Å². The third-order valence-electron chi connectivity index (χ3n) is 8.37. The second kappa shape index (κ2) is 8.62. The van der Waals surface area contributed by atoms with Gasteiger partial charge in [0, 0.05) is 53.4 Å². The lowest BCUT2D eigenvalue weighted by Crippen LogP contribution is -2.50. The monoisotopic (exact) mass is 459 g/mol. The van der Waals surface area contributed by atoms with Gasteiger partial charge in [0.15, 0.2) is 0 Å². The number of para-hydroxylation sites is 1. The van der Waals surface area contributed by atoms with E-state index in [1.807, 2.05) is 24.7 Å². The van der Waals surface area contributed by atoms with Crippen molar-refractivity contribution in [3.05, 3.63) is 108 Å². The molecule has 5 atom stereocenters. The Labute approximate surface area is 206 Å². The van der Waals surface area contributed by atoms with Crippen LogP contribution < -0.4 is 10.1 Å². The highest BCUT2D eigenvalue weighted by molar-refractivity contribution is 5.68. The number of hydrogen-bond acceptors (Lipinski definition) is 4. The Bertz CT molecular complexity index is 1330. The van der Waals surface area contributed by atoms with E-state index < -0.39 is 0 Å². The third-order valence-corrected chi connectivity index (χ3v) is 8.37. The molecule has 2 bridgehead atoms. The summed E-state index contributed by atoms with van der Waals surface area (Å²) in [5, 5.41) is 4.12. The minimum Gasteiger partial charge on any atom is -0.457 e. The van der Waals surface area contributed by atoms with Crippen molar-refractivity contribution in [2.75, 3.05) is 0 Å². The van der Waals surface area contributed by atoms with Crippen LogP contribution in [0.4, 0.5) is 0 Å². The van der Waals surface area contributed by atoms with Crippen LogP contribution in [-0.4, -0.2) is 22.1 Å². The number of nitrogens with zero attached hydrogens (tertiary/aromatic N) is 2. The molecular formula is C31H29N3O. The number of fused-ring (bicyclic) bond motifs is 4. The fourth-order valence-corrected chi connectivity index (χ4v) is 6.77. The van der Waals surface area contributed by atoms with Crippen LogP contribution >= 0.6 is 0 Å². The maximum absolute atomic E-state index is 6.48. The van der Waals surface area contributed by atoms with E-state index in [4.69, 9.17) is 4.74 Å². The van der Waals surface area contributed by atoms with E-state index in [2.05, 4.69) is 82.0 Å². The number of benzene rings is 2. The average Bonchev–Trinajstić information content (AvgIpc) is 3.14. The standard InChI is InChI=1S/C31H29N3O/c1-2-7-29-24(6-1)31(25-10-8-21(18-30(25)35-29)20-12-15-32-16-13-20)28-17-22-9-11-27(34-28)26(22)19-23-5-3-4-14-33-23/h1-8,10,12-16,18,22,26-28,31,34H,9,11,17,19H2. The van der Waals surface area contributed by atoms with Gasteiger partial charge >= 0.3 is 0 Å². The summed E-state index contributed by atoms with van der Waals surface area (Å²) in [5.74, 6) is 3.67. The summed E-state index contributed by atoms with van der Waals surface area (Å²) in [6.07, 6.45) is 10.5. The van der Waals surface area contributed by atoms with Crippen LogP contribution in [0, 0.1) is 11.8 Å². The van der Waals surface area contributed by atoms with Gasteiger partial charge in [0.05, 0.1) is 0 Å². The van der Waals surface area contributed by atoms with E-state index in [-0.39, 0.29) is 0 Å². The Kier molecular flexibility index (Phi) is 5.13. The Hall–Kier alpha value is -3.50. The van der Waals surface area contributed by atoms with E-state index in [1.165, 1.54) is 36.1 Å². The lowest BCUT2D eigenvalue weighted by molar-refractivity contribution is 0.195. The third kappa shape index (κ3) is 3.73.